The number of benzene rings is 11. The van der Waals surface area contributed by atoms with E-state index in [2.05, 4.69) is 237 Å². The molecule has 0 saturated carbocycles. The quantitative estimate of drug-likeness (QED) is 0.146. The van der Waals surface area contributed by atoms with Crippen molar-refractivity contribution in [3.63, 3.8) is 0 Å². The molecule has 0 amide bonds. The summed E-state index contributed by atoms with van der Waals surface area (Å²) in [5.74, 6) is 0. The normalized spacial score (nSPS) is 12.1. The van der Waals surface area contributed by atoms with Crippen LogP contribution in [0.15, 0.2) is 218 Å². The topological polar surface area (TPSA) is 3.24 Å². The van der Waals surface area contributed by atoms with E-state index >= 15 is 0 Å². The summed E-state index contributed by atoms with van der Waals surface area (Å²) in [6.45, 7) is 4.53. The van der Waals surface area contributed by atoms with Crippen LogP contribution in [0.5, 0.6) is 0 Å². The molecular formula is C59H43N. The molecule has 0 N–H and O–H groups in total. The van der Waals surface area contributed by atoms with Crippen LogP contribution in [0.1, 0.15) is 24.1 Å². The first-order valence-corrected chi connectivity index (χ1v) is 21.0. The van der Waals surface area contributed by atoms with E-state index in [1.165, 1.54) is 110 Å². The van der Waals surface area contributed by atoms with Crippen LogP contribution in [0.4, 0.5) is 11.4 Å². The molecule has 0 bridgehead atoms. The molecule has 0 fully saturated rings. The minimum atomic E-state index is 0.0939. The average Bonchev–Trinajstić information content (AvgIpc) is 3.30. The van der Waals surface area contributed by atoms with Gasteiger partial charge in [0.1, 0.15) is 0 Å². The summed E-state index contributed by atoms with van der Waals surface area (Å²) in [6, 6.07) is 80.8. The van der Waals surface area contributed by atoms with Gasteiger partial charge in [-0.1, -0.05) is 176 Å². The molecule has 1 unspecified atom stereocenters. The molecule has 60 heavy (non-hydrogen) atoms. The van der Waals surface area contributed by atoms with E-state index in [1.807, 2.05) is 0 Å². The van der Waals surface area contributed by atoms with Gasteiger partial charge in [-0.15, -0.1) is 0 Å². The predicted molar refractivity (Wildman–Crippen MR) is 258 cm³/mol. The number of aryl methyl sites for hydroxylation is 1. The zero-order valence-electron chi connectivity index (χ0n) is 33.8. The third-order valence-corrected chi connectivity index (χ3v) is 12.6. The van der Waals surface area contributed by atoms with Gasteiger partial charge in [-0.05, 0) is 155 Å². The van der Waals surface area contributed by atoms with Crippen molar-refractivity contribution in [3.05, 3.63) is 230 Å². The minimum Gasteiger partial charge on any atom is -0.334 e. The largest absolute Gasteiger partial charge is 0.334 e. The molecular weight excluding hydrogens is 723 g/mol. The average molecular weight is 766 g/mol. The van der Waals surface area contributed by atoms with Crippen LogP contribution in [-0.4, -0.2) is 0 Å². The zero-order valence-corrected chi connectivity index (χ0v) is 33.8. The number of para-hydroxylation sites is 1. The van der Waals surface area contributed by atoms with Crippen LogP contribution < -0.4 is 4.90 Å². The third kappa shape index (κ3) is 6.19. The Balaban J connectivity index is 1.05. The van der Waals surface area contributed by atoms with Gasteiger partial charge in [0.15, 0.2) is 0 Å². The van der Waals surface area contributed by atoms with E-state index in [4.69, 9.17) is 0 Å². The van der Waals surface area contributed by atoms with Gasteiger partial charge in [-0.3, -0.25) is 0 Å². The first kappa shape index (κ1) is 35.7. The van der Waals surface area contributed by atoms with Crippen LogP contribution in [0, 0.1) is 6.92 Å². The Kier molecular flexibility index (Phi) is 8.75. The monoisotopic (exact) mass is 765 g/mol. The molecule has 0 radical (unpaired) electrons. The second-order valence-electron chi connectivity index (χ2n) is 16.2. The van der Waals surface area contributed by atoms with Crippen LogP contribution in [-0.2, 0) is 0 Å². The molecule has 0 saturated heterocycles. The fourth-order valence-corrected chi connectivity index (χ4v) is 9.52. The summed E-state index contributed by atoms with van der Waals surface area (Å²) in [7, 11) is 0. The van der Waals surface area contributed by atoms with Gasteiger partial charge in [0.05, 0.1) is 6.04 Å². The molecule has 1 atom stereocenters. The highest BCUT2D eigenvalue weighted by atomic mass is 15.2. The lowest BCUT2D eigenvalue weighted by Gasteiger charge is -2.33. The van der Waals surface area contributed by atoms with Crippen LogP contribution in [0.3, 0.4) is 0 Å². The fourth-order valence-electron chi connectivity index (χ4n) is 9.52. The number of hydrogen-bond acceptors (Lipinski definition) is 1. The second-order valence-corrected chi connectivity index (χ2v) is 16.2. The summed E-state index contributed by atoms with van der Waals surface area (Å²) in [6.07, 6.45) is 0. The first-order chi connectivity index (χ1) is 29.6. The fraction of sp³-hybridized carbons (Fsp3) is 0.0508. The lowest BCUT2D eigenvalue weighted by atomic mass is 9.84. The first-order valence-electron chi connectivity index (χ1n) is 21.0. The van der Waals surface area contributed by atoms with E-state index in [-0.39, 0.29) is 6.04 Å². The molecule has 0 heterocycles. The Morgan fingerprint density at radius 3 is 1.60 bits per heavy atom. The lowest BCUT2D eigenvalue weighted by molar-refractivity contribution is 0.772. The highest BCUT2D eigenvalue weighted by Crippen LogP contribution is 2.46. The second kappa shape index (κ2) is 14.7. The SMILES string of the molecule is Cc1ccccc1N(c1ccc2ccccc2c1)C(C)c1ccc(-c2ccc3c(-c4ccc5cc6ccccc6cc5c4)c4ccccc4c(-c4ccccc4)c3c2)cc1. The standard InChI is InChI=1S/C59H43N/c1-39-14-6-13-23-57(39)60(52-32-30-42-15-7-8-20-47(42)37-52)40(2)41-24-26-43(27-25-41)49-31-33-55-56(38-49)58(44-16-4-3-5-17-44)53-21-11-12-22-54(53)59(55)50-29-28-48-34-45-18-9-10-19-46(45)35-51(48)36-50/h3-38,40H,1-2H3. The van der Waals surface area contributed by atoms with Crippen molar-refractivity contribution in [1.82, 2.24) is 0 Å². The Morgan fingerprint density at radius 2 is 0.867 bits per heavy atom. The van der Waals surface area contributed by atoms with E-state index in [9.17, 15) is 0 Å². The van der Waals surface area contributed by atoms with Gasteiger partial charge >= 0.3 is 0 Å². The molecule has 0 aliphatic carbocycles. The third-order valence-electron chi connectivity index (χ3n) is 12.6. The maximum absolute atomic E-state index is 2.49. The number of fused-ring (bicyclic) bond motifs is 5. The number of anilines is 2. The van der Waals surface area contributed by atoms with Crippen molar-refractivity contribution in [3.8, 4) is 33.4 Å². The van der Waals surface area contributed by atoms with Gasteiger partial charge in [0.25, 0.3) is 0 Å². The molecule has 284 valence electrons. The molecule has 11 rings (SSSR count). The van der Waals surface area contributed by atoms with Crippen LogP contribution >= 0.6 is 0 Å². The van der Waals surface area contributed by atoms with Gasteiger partial charge in [-0.2, -0.15) is 0 Å². The minimum absolute atomic E-state index is 0.0939. The molecule has 1 nitrogen and oxygen atoms in total. The number of nitrogens with zero attached hydrogens (tertiary/aromatic N) is 1. The maximum atomic E-state index is 2.49. The Labute approximate surface area is 351 Å². The predicted octanol–water partition coefficient (Wildman–Crippen LogP) is 16.7. The summed E-state index contributed by atoms with van der Waals surface area (Å²) < 4.78 is 0. The Morgan fingerprint density at radius 1 is 0.333 bits per heavy atom. The van der Waals surface area contributed by atoms with E-state index in [0.29, 0.717) is 0 Å². The molecule has 0 aliphatic rings. The van der Waals surface area contributed by atoms with Crippen LogP contribution in [0.25, 0.3) is 87.2 Å². The van der Waals surface area contributed by atoms with Crippen molar-refractivity contribution >= 4 is 65.2 Å². The van der Waals surface area contributed by atoms with E-state index < -0.39 is 0 Å². The molecule has 1 heteroatoms. The summed E-state index contributed by atoms with van der Waals surface area (Å²) in [5.41, 5.74) is 12.3. The van der Waals surface area contributed by atoms with Crippen molar-refractivity contribution in [2.24, 2.45) is 0 Å². The van der Waals surface area contributed by atoms with Gasteiger partial charge in [-0.25, -0.2) is 0 Å². The molecule has 11 aromatic rings. The number of rotatable bonds is 7. The highest BCUT2D eigenvalue weighted by molar-refractivity contribution is 6.22. The molecule has 0 aliphatic heterocycles. The van der Waals surface area contributed by atoms with Crippen molar-refractivity contribution in [1.29, 1.82) is 0 Å². The molecule has 11 aromatic carbocycles. The number of hydrogen-bond donors (Lipinski definition) is 0. The highest BCUT2D eigenvalue weighted by Gasteiger charge is 2.22. The van der Waals surface area contributed by atoms with Gasteiger partial charge in [0, 0.05) is 11.4 Å². The summed E-state index contributed by atoms with van der Waals surface area (Å²) in [5, 5.41) is 12.6. The Bertz CT molecular complexity index is 3400. The molecule has 0 spiro atoms. The Hall–Kier alpha value is -7.48. The maximum Gasteiger partial charge on any atom is 0.0563 e. The zero-order chi connectivity index (χ0) is 40.2. The van der Waals surface area contributed by atoms with E-state index in [0.717, 1.165) is 0 Å². The van der Waals surface area contributed by atoms with Gasteiger partial charge < -0.3 is 4.90 Å². The lowest BCUT2D eigenvalue weighted by Crippen LogP contribution is -2.22. The van der Waals surface area contributed by atoms with E-state index in [1.54, 1.807) is 0 Å². The molecule has 0 aromatic heterocycles. The van der Waals surface area contributed by atoms with Crippen molar-refractivity contribution in [2.45, 2.75) is 19.9 Å². The summed E-state index contributed by atoms with van der Waals surface area (Å²) >= 11 is 0. The van der Waals surface area contributed by atoms with Gasteiger partial charge in [0.2, 0.25) is 0 Å². The van der Waals surface area contributed by atoms with Crippen molar-refractivity contribution < 1.29 is 0 Å². The van der Waals surface area contributed by atoms with Crippen molar-refractivity contribution in [2.75, 3.05) is 4.90 Å². The van der Waals surface area contributed by atoms with Crippen LogP contribution in [0.2, 0.25) is 0 Å². The smallest absolute Gasteiger partial charge is 0.0563 e. The summed E-state index contributed by atoms with van der Waals surface area (Å²) in [4.78, 5) is 2.49.